The predicted octanol–water partition coefficient (Wildman–Crippen LogP) is 3.58. The zero-order valence-electron chi connectivity index (χ0n) is 9.11. The fourth-order valence-corrected chi connectivity index (χ4v) is 1.83. The molecule has 0 bridgehead atoms. The van der Waals surface area contributed by atoms with Crippen molar-refractivity contribution < 1.29 is 4.52 Å². The van der Waals surface area contributed by atoms with E-state index in [9.17, 15) is 0 Å². The van der Waals surface area contributed by atoms with Gasteiger partial charge in [-0.1, -0.05) is 46.2 Å². The zero-order chi connectivity index (χ0) is 11.4. The highest BCUT2D eigenvalue weighted by molar-refractivity contribution is 9.08. The smallest absolute Gasteiger partial charge is 0.226 e. The Morgan fingerprint density at radius 2 is 2.25 bits per heavy atom. The van der Waals surface area contributed by atoms with E-state index in [1.54, 1.807) is 0 Å². The summed E-state index contributed by atoms with van der Waals surface area (Å²) in [6.07, 6.45) is 1.86. The second-order valence-corrected chi connectivity index (χ2v) is 4.16. The normalized spacial score (nSPS) is 10.6. The van der Waals surface area contributed by atoms with Crippen LogP contribution in [0.15, 0.2) is 28.8 Å². The first-order valence-corrected chi connectivity index (χ1v) is 6.43. The molecule has 0 atom stereocenters. The maximum atomic E-state index is 5.16. The van der Waals surface area contributed by atoms with E-state index in [-0.39, 0.29) is 0 Å². The number of benzene rings is 1. The first kappa shape index (κ1) is 11.3. The standard InChI is InChI=1S/C12H13BrN2O/c1-2-4-11-14-12(15-16-11)10-6-3-5-9(7-10)8-13/h3,5-7H,2,4,8H2,1H3. The Kier molecular flexibility index (Phi) is 3.72. The van der Waals surface area contributed by atoms with Crippen molar-refractivity contribution in [1.29, 1.82) is 0 Å². The quantitative estimate of drug-likeness (QED) is 0.804. The molecule has 0 unspecified atom stereocenters. The largest absolute Gasteiger partial charge is 0.339 e. The van der Waals surface area contributed by atoms with E-state index in [1.807, 2.05) is 12.1 Å². The molecular weight excluding hydrogens is 268 g/mol. The molecule has 0 fully saturated rings. The molecule has 0 N–H and O–H groups in total. The summed E-state index contributed by atoms with van der Waals surface area (Å²) >= 11 is 3.43. The van der Waals surface area contributed by atoms with Gasteiger partial charge in [0.2, 0.25) is 11.7 Å². The SMILES string of the molecule is CCCc1nc(-c2cccc(CBr)c2)no1. The maximum Gasteiger partial charge on any atom is 0.226 e. The number of hydrogen-bond donors (Lipinski definition) is 0. The van der Waals surface area contributed by atoms with Crippen LogP contribution in [-0.2, 0) is 11.8 Å². The van der Waals surface area contributed by atoms with Crippen LogP contribution in [0.4, 0.5) is 0 Å². The van der Waals surface area contributed by atoms with Crippen molar-refractivity contribution in [2.24, 2.45) is 0 Å². The first-order chi connectivity index (χ1) is 7.83. The van der Waals surface area contributed by atoms with Gasteiger partial charge in [0.05, 0.1) is 0 Å². The molecule has 0 aliphatic rings. The number of alkyl halides is 1. The molecule has 3 nitrogen and oxygen atoms in total. The van der Waals surface area contributed by atoms with E-state index in [2.05, 4.69) is 45.1 Å². The number of aromatic nitrogens is 2. The number of hydrogen-bond acceptors (Lipinski definition) is 3. The molecule has 16 heavy (non-hydrogen) atoms. The highest BCUT2D eigenvalue weighted by Gasteiger charge is 2.07. The summed E-state index contributed by atoms with van der Waals surface area (Å²) in [6.45, 7) is 2.09. The average Bonchev–Trinajstić information content (AvgIpc) is 2.78. The van der Waals surface area contributed by atoms with Gasteiger partial charge in [0, 0.05) is 17.3 Å². The summed E-state index contributed by atoms with van der Waals surface area (Å²) in [4.78, 5) is 4.35. The molecular formula is C12H13BrN2O. The lowest BCUT2D eigenvalue weighted by atomic mass is 10.1. The Balaban J connectivity index is 2.27. The summed E-state index contributed by atoms with van der Waals surface area (Å²) in [5.74, 6) is 1.38. The lowest BCUT2D eigenvalue weighted by Gasteiger charge is -1.97. The summed E-state index contributed by atoms with van der Waals surface area (Å²) < 4.78 is 5.16. The minimum Gasteiger partial charge on any atom is -0.339 e. The van der Waals surface area contributed by atoms with Gasteiger partial charge in [-0.15, -0.1) is 0 Å². The number of halogens is 1. The molecule has 0 saturated heterocycles. The van der Waals surface area contributed by atoms with Gasteiger partial charge in [0.25, 0.3) is 0 Å². The van der Waals surface area contributed by atoms with Gasteiger partial charge < -0.3 is 4.52 Å². The first-order valence-electron chi connectivity index (χ1n) is 5.31. The van der Waals surface area contributed by atoms with E-state index >= 15 is 0 Å². The predicted molar refractivity (Wildman–Crippen MR) is 66.4 cm³/mol. The van der Waals surface area contributed by atoms with Crippen molar-refractivity contribution in [2.75, 3.05) is 0 Å². The van der Waals surface area contributed by atoms with Crippen molar-refractivity contribution in [2.45, 2.75) is 25.1 Å². The van der Waals surface area contributed by atoms with Crippen LogP contribution in [0.1, 0.15) is 24.8 Å². The minimum atomic E-state index is 0.672. The fraction of sp³-hybridized carbons (Fsp3) is 0.333. The van der Waals surface area contributed by atoms with Crippen LogP contribution in [0.3, 0.4) is 0 Å². The molecule has 2 rings (SSSR count). The summed E-state index contributed by atoms with van der Waals surface area (Å²) in [5, 5.41) is 4.81. The average molecular weight is 281 g/mol. The molecule has 0 aliphatic heterocycles. The van der Waals surface area contributed by atoms with Gasteiger partial charge in [-0.2, -0.15) is 4.98 Å². The van der Waals surface area contributed by atoms with E-state index in [0.717, 1.165) is 23.7 Å². The van der Waals surface area contributed by atoms with Crippen molar-refractivity contribution in [3.8, 4) is 11.4 Å². The van der Waals surface area contributed by atoms with Crippen LogP contribution in [-0.4, -0.2) is 10.1 Å². The number of aryl methyl sites for hydroxylation is 1. The third kappa shape index (κ3) is 2.50. The van der Waals surface area contributed by atoms with Crippen LogP contribution in [0.5, 0.6) is 0 Å². The highest BCUT2D eigenvalue weighted by Crippen LogP contribution is 2.18. The van der Waals surface area contributed by atoms with Gasteiger partial charge in [0.15, 0.2) is 0 Å². The Bertz CT molecular complexity index is 468. The van der Waals surface area contributed by atoms with Crippen LogP contribution in [0.2, 0.25) is 0 Å². The van der Waals surface area contributed by atoms with Crippen LogP contribution in [0.25, 0.3) is 11.4 Å². The molecule has 0 aliphatic carbocycles. The van der Waals surface area contributed by atoms with E-state index in [1.165, 1.54) is 5.56 Å². The highest BCUT2D eigenvalue weighted by atomic mass is 79.9. The third-order valence-corrected chi connectivity index (χ3v) is 2.92. The second-order valence-electron chi connectivity index (χ2n) is 3.60. The number of nitrogens with zero attached hydrogens (tertiary/aromatic N) is 2. The fourth-order valence-electron chi connectivity index (χ4n) is 1.48. The van der Waals surface area contributed by atoms with E-state index < -0.39 is 0 Å². The van der Waals surface area contributed by atoms with Crippen molar-refractivity contribution >= 4 is 15.9 Å². The zero-order valence-corrected chi connectivity index (χ0v) is 10.7. The Morgan fingerprint density at radius 3 is 3.00 bits per heavy atom. The lowest BCUT2D eigenvalue weighted by molar-refractivity contribution is 0.378. The van der Waals surface area contributed by atoms with Gasteiger partial charge in [-0.05, 0) is 18.1 Å². The summed E-state index contributed by atoms with van der Waals surface area (Å²) in [5.41, 5.74) is 2.21. The summed E-state index contributed by atoms with van der Waals surface area (Å²) in [6, 6.07) is 8.12. The topological polar surface area (TPSA) is 38.9 Å². The third-order valence-electron chi connectivity index (χ3n) is 2.27. The molecule has 2 aromatic rings. The van der Waals surface area contributed by atoms with Crippen molar-refractivity contribution in [1.82, 2.24) is 10.1 Å². The lowest BCUT2D eigenvalue weighted by Crippen LogP contribution is -1.85. The Hall–Kier alpha value is -1.16. The van der Waals surface area contributed by atoms with Crippen LogP contribution < -0.4 is 0 Å². The monoisotopic (exact) mass is 280 g/mol. The van der Waals surface area contributed by atoms with E-state index in [0.29, 0.717) is 11.7 Å². The minimum absolute atomic E-state index is 0.672. The van der Waals surface area contributed by atoms with Crippen molar-refractivity contribution in [3.05, 3.63) is 35.7 Å². The molecule has 0 radical (unpaired) electrons. The molecule has 1 heterocycles. The maximum absolute atomic E-state index is 5.16. The molecule has 84 valence electrons. The molecule has 4 heteroatoms. The van der Waals surface area contributed by atoms with Gasteiger partial charge >= 0.3 is 0 Å². The molecule has 0 amide bonds. The van der Waals surface area contributed by atoms with Gasteiger partial charge in [-0.25, -0.2) is 0 Å². The molecule has 1 aromatic carbocycles. The van der Waals surface area contributed by atoms with Crippen LogP contribution in [0, 0.1) is 0 Å². The van der Waals surface area contributed by atoms with Gasteiger partial charge in [0.1, 0.15) is 0 Å². The van der Waals surface area contributed by atoms with E-state index in [4.69, 9.17) is 4.52 Å². The Morgan fingerprint density at radius 1 is 1.38 bits per heavy atom. The summed E-state index contributed by atoms with van der Waals surface area (Å²) in [7, 11) is 0. The van der Waals surface area contributed by atoms with Gasteiger partial charge in [-0.3, -0.25) is 0 Å². The molecule has 0 saturated carbocycles. The number of rotatable bonds is 4. The Labute approximate surface area is 103 Å². The van der Waals surface area contributed by atoms with Crippen molar-refractivity contribution in [3.63, 3.8) is 0 Å². The molecule has 1 aromatic heterocycles. The van der Waals surface area contributed by atoms with Crippen LogP contribution >= 0.6 is 15.9 Å². The second kappa shape index (κ2) is 5.25. The molecule has 0 spiro atoms.